The van der Waals surface area contributed by atoms with E-state index in [9.17, 15) is 13.2 Å². The molecule has 7 heteroatoms. The van der Waals surface area contributed by atoms with E-state index in [1.807, 2.05) is 36.4 Å². The van der Waals surface area contributed by atoms with Gasteiger partial charge in [-0.15, -0.1) is 0 Å². The van der Waals surface area contributed by atoms with Crippen LogP contribution in [0.5, 0.6) is 0 Å². The predicted molar refractivity (Wildman–Crippen MR) is 102 cm³/mol. The molecular formula is C18H16N2O3S2. The van der Waals surface area contributed by atoms with Crippen LogP contribution in [0.3, 0.4) is 0 Å². The molecule has 0 aliphatic carbocycles. The minimum absolute atomic E-state index is 0.0801. The Morgan fingerprint density at radius 3 is 2.20 bits per heavy atom. The number of nitrogens with one attached hydrogen (secondary N) is 1. The van der Waals surface area contributed by atoms with E-state index in [2.05, 4.69) is 5.32 Å². The molecule has 0 bridgehead atoms. The summed E-state index contributed by atoms with van der Waals surface area (Å²) in [5.41, 5.74) is 1.19. The molecule has 1 amide bonds. The van der Waals surface area contributed by atoms with E-state index < -0.39 is 15.9 Å². The molecule has 1 atom stereocenters. The smallest absolute Gasteiger partial charge is 0.257 e. The molecule has 0 spiro atoms. The third-order valence-electron chi connectivity index (χ3n) is 3.75. The third-order valence-corrected chi connectivity index (χ3v) is 5.43. The van der Waals surface area contributed by atoms with Gasteiger partial charge in [0.25, 0.3) is 5.91 Å². The van der Waals surface area contributed by atoms with Gasteiger partial charge in [0.1, 0.15) is 0 Å². The van der Waals surface area contributed by atoms with Crippen LogP contribution in [0.4, 0.5) is 5.69 Å². The maximum absolute atomic E-state index is 12.4. The first-order valence-electron chi connectivity index (χ1n) is 7.62. The van der Waals surface area contributed by atoms with Crippen molar-refractivity contribution in [2.45, 2.75) is 6.04 Å². The second-order valence-electron chi connectivity index (χ2n) is 5.56. The van der Waals surface area contributed by atoms with Crippen LogP contribution in [0.1, 0.15) is 10.4 Å². The summed E-state index contributed by atoms with van der Waals surface area (Å²) in [5.74, 6) is -0.417. The molecule has 0 saturated carbocycles. The quantitative estimate of drug-likeness (QED) is 0.839. The van der Waals surface area contributed by atoms with Crippen molar-refractivity contribution in [3.8, 4) is 0 Å². The van der Waals surface area contributed by atoms with Crippen molar-refractivity contribution >= 4 is 38.8 Å². The molecule has 3 rings (SSSR count). The maximum Gasteiger partial charge on any atom is 0.257 e. The highest BCUT2D eigenvalue weighted by Crippen LogP contribution is 2.22. The number of amides is 1. The molecule has 0 saturated heterocycles. The lowest BCUT2D eigenvalue weighted by Gasteiger charge is -2.30. The van der Waals surface area contributed by atoms with Crippen molar-refractivity contribution < 1.29 is 13.2 Å². The van der Waals surface area contributed by atoms with Gasteiger partial charge in [-0.25, -0.2) is 8.42 Å². The highest BCUT2D eigenvalue weighted by atomic mass is 32.2. The van der Waals surface area contributed by atoms with Crippen LogP contribution in [0, 0.1) is 0 Å². The number of rotatable bonds is 3. The number of carbonyl (C=O) groups excluding carboxylic acids is 1. The molecular weight excluding hydrogens is 356 g/mol. The van der Waals surface area contributed by atoms with Gasteiger partial charge in [0, 0.05) is 16.7 Å². The largest absolute Gasteiger partial charge is 0.311 e. The SMILES string of the molecule is O=C(NC(=S)N(c1ccccc1)C1C=CS(=O)(=O)C1)c1ccccc1. The van der Waals surface area contributed by atoms with Gasteiger partial charge in [-0.3, -0.25) is 10.1 Å². The van der Waals surface area contributed by atoms with Crippen LogP contribution in [0.25, 0.3) is 0 Å². The lowest BCUT2D eigenvalue weighted by molar-refractivity contribution is 0.0977. The number of hydrogen-bond acceptors (Lipinski definition) is 4. The summed E-state index contributed by atoms with van der Waals surface area (Å²) >= 11 is 5.41. The average Bonchev–Trinajstić information content (AvgIpc) is 2.96. The van der Waals surface area contributed by atoms with E-state index in [4.69, 9.17) is 12.2 Å². The molecule has 5 nitrogen and oxygen atoms in total. The molecule has 0 fully saturated rings. The van der Waals surface area contributed by atoms with Gasteiger partial charge < -0.3 is 4.90 Å². The van der Waals surface area contributed by atoms with Crippen LogP contribution in [0.15, 0.2) is 72.1 Å². The van der Waals surface area contributed by atoms with E-state index in [0.29, 0.717) is 11.3 Å². The molecule has 128 valence electrons. The minimum Gasteiger partial charge on any atom is -0.311 e. The summed E-state index contributed by atoms with van der Waals surface area (Å²) in [6.45, 7) is 0. The van der Waals surface area contributed by atoms with Gasteiger partial charge in [-0.1, -0.05) is 36.4 Å². The zero-order chi connectivity index (χ0) is 17.9. The van der Waals surface area contributed by atoms with Gasteiger partial charge in [0.2, 0.25) is 0 Å². The van der Waals surface area contributed by atoms with Crippen molar-refractivity contribution in [3.63, 3.8) is 0 Å². The molecule has 1 N–H and O–H groups in total. The monoisotopic (exact) mass is 372 g/mol. The van der Waals surface area contributed by atoms with Gasteiger partial charge in [0.15, 0.2) is 14.9 Å². The first-order valence-corrected chi connectivity index (χ1v) is 9.74. The maximum atomic E-state index is 12.4. The molecule has 1 aliphatic rings. The molecule has 1 aliphatic heterocycles. The van der Waals surface area contributed by atoms with E-state index in [0.717, 1.165) is 0 Å². The van der Waals surface area contributed by atoms with E-state index in [1.165, 1.54) is 5.41 Å². The fraction of sp³-hybridized carbons (Fsp3) is 0.111. The van der Waals surface area contributed by atoms with Crippen molar-refractivity contribution in [1.29, 1.82) is 0 Å². The normalized spacial score (nSPS) is 17.8. The zero-order valence-corrected chi connectivity index (χ0v) is 14.8. The number of sulfone groups is 1. The van der Waals surface area contributed by atoms with E-state index in [1.54, 1.807) is 35.2 Å². The molecule has 0 aromatic heterocycles. The van der Waals surface area contributed by atoms with Crippen LogP contribution in [0.2, 0.25) is 0 Å². The number of carbonyl (C=O) groups is 1. The second kappa shape index (κ2) is 7.16. The van der Waals surface area contributed by atoms with Crippen LogP contribution >= 0.6 is 12.2 Å². The van der Waals surface area contributed by atoms with Gasteiger partial charge in [-0.05, 0) is 42.6 Å². The summed E-state index contributed by atoms with van der Waals surface area (Å²) in [6.07, 6.45) is 1.59. The summed E-state index contributed by atoms with van der Waals surface area (Å²) in [7, 11) is -3.26. The summed E-state index contributed by atoms with van der Waals surface area (Å²) < 4.78 is 23.6. The Bertz CT molecular complexity index is 910. The Balaban J connectivity index is 1.86. The topological polar surface area (TPSA) is 66.5 Å². The van der Waals surface area contributed by atoms with Crippen molar-refractivity contribution in [1.82, 2.24) is 5.32 Å². The lowest BCUT2D eigenvalue weighted by Crippen LogP contribution is -2.48. The second-order valence-corrected chi connectivity index (χ2v) is 7.87. The Labute approximate surface area is 151 Å². The Kier molecular flexibility index (Phi) is 4.96. The number of benzene rings is 2. The first kappa shape index (κ1) is 17.3. The number of nitrogens with zero attached hydrogens (tertiary/aromatic N) is 1. The fourth-order valence-electron chi connectivity index (χ4n) is 2.59. The van der Waals surface area contributed by atoms with Gasteiger partial charge in [0.05, 0.1) is 11.8 Å². The molecule has 2 aromatic carbocycles. The number of para-hydroxylation sites is 1. The number of thiocarbonyl (C=S) groups is 1. The van der Waals surface area contributed by atoms with Gasteiger partial charge >= 0.3 is 0 Å². The van der Waals surface area contributed by atoms with Crippen LogP contribution < -0.4 is 10.2 Å². The van der Waals surface area contributed by atoms with Crippen molar-refractivity contribution in [2.75, 3.05) is 10.7 Å². The first-order chi connectivity index (χ1) is 12.0. The zero-order valence-electron chi connectivity index (χ0n) is 13.2. The number of hydrogen-bond donors (Lipinski definition) is 1. The van der Waals surface area contributed by atoms with Crippen molar-refractivity contribution in [2.24, 2.45) is 0 Å². The fourth-order valence-corrected chi connectivity index (χ4v) is 4.19. The summed E-state index contributed by atoms with van der Waals surface area (Å²) in [5, 5.41) is 4.04. The highest BCUT2D eigenvalue weighted by molar-refractivity contribution is 7.94. The average molecular weight is 372 g/mol. The summed E-state index contributed by atoms with van der Waals surface area (Å²) in [6, 6.07) is 17.4. The highest BCUT2D eigenvalue weighted by Gasteiger charge is 2.30. The molecule has 1 unspecified atom stereocenters. The predicted octanol–water partition coefficient (Wildman–Crippen LogP) is 2.52. The van der Waals surface area contributed by atoms with Crippen molar-refractivity contribution in [3.05, 3.63) is 77.7 Å². The Hall–Kier alpha value is -2.51. The molecule has 0 radical (unpaired) electrons. The van der Waals surface area contributed by atoms with E-state index in [-0.39, 0.29) is 16.8 Å². The van der Waals surface area contributed by atoms with Crippen LogP contribution in [-0.2, 0) is 9.84 Å². The van der Waals surface area contributed by atoms with Gasteiger partial charge in [-0.2, -0.15) is 0 Å². The Morgan fingerprint density at radius 2 is 1.64 bits per heavy atom. The minimum atomic E-state index is -3.26. The third kappa shape index (κ3) is 4.12. The van der Waals surface area contributed by atoms with E-state index >= 15 is 0 Å². The number of anilines is 1. The Morgan fingerprint density at radius 1 is 1.04 bits per heavy atom. The molecule has 1 heterocycles. The molecule has 2 aromatic rings. The molecule has 25 heavy (non-hydrogen) atoms. The summed E-state index contributed by atoms with van der Waals surface area (Å²) in [4.78, 5) is 14.0. The lowest BCUT2D eigenvalue weighted by atomic mass is 10.2. The van der Waals surface area contributed by atoms with Crippen LogP contribution in [-0.4, -0.2) is 31.2 Å². The standard InChI is InChI=1S/C18H16N2O3S2/c21-17(14-7-3-1-4-8-14)19-18(24)20(15-9-5-2-6-10-15)16-11-12-25(22,23)13-16/h1-12,16H,13H2,(H,19,21,24).